The van der Waals surface area contributed by atoms with Crippen molar-refractivity contribution in [1.82, 2.24) is 0 Å². The Hall–Kier alpha value is -1.68. The van der Waals surface area contributed by atoms with Crippen molar-refractivity contribution in [2.75, 3.05) is 0 Å². The second kappa shape index (κ2) is 6.32. The van der Waals surface area contributed by atoms with E-state index in [1.165, 1.54) is 0 Å². The third-order valence-corrected chi connectivity index (χ3v) is 5.42. The first kappa shape index (κ1) is 15.8. The lowest BCUT2D eigenvalue weighted by Crippen LogP contribution is -2.09. The second-order valence-electron chi connectivity index (χ2n) is 7.06. The van der Waals surface area contributed by atoms with Crippen molar-refractivity contribution in [2.24, 2.45) is 0 Å². The SMILES string of the molecule is O[C@@H]1CCC=C1c1cc(C2=CCC[C@H]2O)cc(C2=CCC[C@@H]2O)c1. The Morgan fingerprint density at radius 3 is 1.04 bits per heavy atom. The predicted molar refractivity (Wildman–Crippen MR) is 96.1 cm³/mol. The molecule has 3 aliphatic rings. The van der Waals surface area contributed by atoms with E-state index in [9.17, 15) is 15.3 Å². The third-order valence-electron chi connectivity index (χ3n) is 5.42. The molecule has 0 aliphatic heterocycles. The van der Waals surface area contributed by atoms with Crippen molar-refractivity contribution in [3.05, 3.63) is 53.1 Å². The van der Waals surface area contributed by atoms with E-state index in [-0.39, 0.29) is 0 Å². The first-order valence-corrected chi connectivity index (χ1v) is 8.94. The lowest BCUT2D eigenvalue weighted by molar-refractivity contribution is 0.231. The normalized spacial score (nSPS) is 29.6. The lowest BCUT2D eigenvalue weighted by atomic mass is 9.91. The molecule has 1 aromatic carbocycles. The number of hydrogen-bond donors (Lipinski definition) is 3. The number of aliphatic hydroxyl groups is 3. The Labute approximate surface area is 142 Å². The molecule has 0 aromatic heterocycles. The average Bonchev–Trinajstić information content (AvgIpc) is 3.28. The summed E-state index contributed by atoms with van der Waals surface area (Å²) in [7, 11) is 0. The van der Waals surface area contributed by atoms with Crippen LogP contribution in [0.5, 0.6) is 0 Å². The molecule has 0 heterocycles. The van der Waals surface area contributed by atoms with E-state index in [2.05, 4.69) is 36.4 Å². The summed E-state index contributed by atoms with van der Waals surface area (Å²) in [4.78, 5) is 0. The molecule has 3 aliphatic carbocycles. The van der Waals surface area contributed by atoms with Gasteiger partial charge < -0.3 is 15.3 Å². The molecule has 0 bridgehead atoms. The highest BCUT2D eigenvalue weighted by Crippen LogP contribution is 2.37. The molecule has 3 nitrogen and oxygen atoms in total. The third kappa shape index (κ3) is 2.77. The fourth-order valence-corrected chi connectivity index (χ4v) is 4.12. The summed E-state index contributed by atoms with van der Waals surface area (Å²) in [6, 6.07) is 6.23. The van der Waals surface area contributed by atoms with Crippen LogP contribution in [0.4, 0.5) is 0 Å². The van der Waals surface area contributed by atoms with E-state index in [1.54, 1.807) is 0 Å². The molecule has 0 saturated heterocycles. The van der Waals surface area contributed by atoms with Crippen molar-refractivity contribution < 1.29 is 15.3 Å². The zero-order chi connectivity index (χ0) is 16.7. The molecule has 3 atom stereocenters. The number of aliphatic hydroxyl groups excluding tert-OH is 3. The standard InChI is InChI=1S/C21H24O3/c22-19-7-1-4-16(19)13-10-14(17-5-2-8-20(17)23)12-15(11-13)18-6-3-9-21(18)24/h4-6,10-12,19-24H,1-3,7-9H2/t19-,20-,21+/m1/s1. The molecular weight excluding hydrogens is 300 g/mol. The van der Waals surface area contributed by atoms with Crippen LogP contribution >= 0.6 is 0 Å². The molecule has 0 fully saturated rings. The van der Waals surface area contributed by atoms with Crippen LogP contribution < -0.4 is 0 Å². The van der Waals surface area contributed by atoms with Gasteiger partial charge in [0, 0.05) is 0 Å². The summed E-state index contributed by atoms with van der Waals surface area (Å²) in [6.45, 7) is 0. The van der Waals surface area contributed by atoms with Crippen molar-refractivity contribution >= 4 is 16.7 Å². The molecule has 4 rings (SSSR count). The number of hydrogen-bond acceptors (Lipinski definition) is 3. The Morgan fingerprint density at radius 2 is 0.833 bits per heavy atom. The van der Waals surface area contributed by atoms with Gasteiger partial charge in [-0.15, -0.1) is 0 Å². The molecule has 3 N–H and O–H groups in total. The second-order valence-corrected chi connectivity index (χ2v) is 7.06. The number of allylic oxidation sites excluding steroid dienone is 3. The summed E-state index contributed by atoms with van der Waals surface area (Å²) >= 11 is 0. The first-order valence-electron chi connectivity index (χ1n) is 8.94. The minimum absolute atomic E-state index is 0.418. The zero-order valence-electron chi connectivity index (χ0n) is 13.8. The van der Waals surface area contributed by atoms with Gasteiger partial charge in [-0.05, 0) is 90.1 Å². The van der Waals surface area contributed by atoms with Gasteiger partial charge in [-0.25, -0.2) is 0 Å². The van der Waals surface area contributed by atoms with E-state index >= 15 is 0 Å². The summed E-state index contributed by atoms with van der Waals surface area (Å²) in [5.41, 5.74) is 5.94. The van der Waals surface area contributed by atoms with Gasteiger partial charge >= 0.3 is 0 Å². The summed E-state index contributed by atoms with van der Waals surface area (Å²) in [5, 5.41) is 30.8. The quantitative estimate of drug-likeness (QED) is 0.799. The monoisotopic (exact) mass is 324 g/mol. The average molecular weight is 324 g/mol. The van der Waals surface area contributed by atoms with Crippen LogP contribution in [-0.4, -0.2) is 33.6 Å². The smallest absolute Gasteiger partial charge is 0.0795 e. The van der Waals surface area contributed by atoms with Crippen molar-refractivity contribution in [3.8, 4) is 0 Å². The maximum atomic E-state index is 10.3. The van der Waals surface area contributed by atoms with Crippen LogP contribution in [0.2, 0.25) is 0 Å². The minimum atomic E-state index is -0.418. The Balaban J connectivity index is 1.82. The van der Waals surface area contributed by atoms with E-state index in [4.69, 9.17) is 0 Å². The van der Waals surface area contributed by atoms with Crippen LogP contribution in [0.25, 0.3) is 16.7 Å². The minimum Gasteiger partial charge on any atom is -0.388 e. The van der Waals surface area contributed by atoms with E-state index < -0.39 is 18.3 Å². The predicted octanol–water partition coefficient (Wildman–Crippen LogP) is 3.30. The van der Waals surface area contributed by atoms with E-state index in [0.717, 1.165) is 71.9 Å². The van der Waals surface area contributed by atoms with Gasteiger partial charge in [0.25, 0.3) is 0 Å². The van der Waals surface area contributed by atoms with Crippen molar-refractivity contribution in [3.63, 3.8) is 0 Å². The maximum absolute atomic E-state index is 10.3. The van der Waals surface area contributed by atoms with E-state index in [1.807, 2.05) is 0 Å². The van der Waals surface area contributed by atoms with Gasteiger partial charge in [-0.3, -0.25) is 0 Å². The molecule has 0 saturated carbocycles. The summed E-state index contributed by atoms with van der Waals surface area (Å²) in [5.74, 6) is 0. The van der Waals surface area contributed by atoms with Crippen LogP contribution in [-0.2, 0) is 0 Å². The molecule has 0 amide bonds. The van der Waals surface area contributed by atoms with Crippen LogP contribution in [0.15, 0.2) is 36.4 Å². The Kier molecular flexibility index (Phi) is 4.17. The topological polar surface area (TPSA) is 60.7 Å². The highest BCUT2D eigenvalue weighted by Gasteiger charge is 2.25. The summed E-state index contributed by atoms with van der Waals surface area (Å²) in [6.07, 6.45) is 10.1. The maximum Gasteiger partial charge on any atom is 0.0795 e. The molecule has 0 unspecified atom stereocenters. The fraction of sp³-hybridized carbons (Fsp3) is 0.429. The molecule has 126 valence electrons. The molecule has 24 heavy (non-hydrogen) atoms. The molecule has 3 heteroatoms. The van der Waals surface area contributed by atoms with Crippen LogP contribution in [0.3, 0.4) is 0 Å². The Bertz CT molecular complexity index is 629. The Morgan fingerprint density at radius 1 is 0.542 bits per heavy atom. The van der Waals surface area contributed by atoms with Crippen molar-refractivity contribution in [1.29, 1.82) is 0 Å². The number of benzene rings is 1. The largest absolute Gasteiger partial charge is 0.388 e. The van der Waals surface area contributed by atoms with Gasteiger partial charge in [0.05, 0.1) is 18.3 Å². The zero-order valence-corrected chi connectivity index (χ0v) is 13.8. The summed E-state index contributed by atoms with van der Waals surface area (Å²) < 4.78 is 0. The molecule has 1 aromatic rings. The van der Waals surface area contributed by atoms with Gasteiger partial charge in [-0.1, -0.05) is 18.2 Å². The van der Waals surface area contributed by atoms with Crippen LogP contribution in [0, 0.1) is 0 Å². The highest BCUT2D eigenvalue weighted by atomic mass is 16.3. The van der Waals surface area contributed by atoms with Gasteiger partial charge in [0.15, 0.2) is 0 Å². The van der Waals surface area contributed by atoms with Crippen molar-refractivity contribution in [2.45, 2.75) is 56.8 Å². The highest BCUT2D eigenvalue weighted by molar-refractivity contribution is 5.82. The van der Waals surface area contributed by atoms with Gasteiger partial charge in [-0.2, -0.15) is 0 Å². The van der Waals surface area contributed by atoms with Gasteiger partial charge in [0.2, 0.25) is 0 Å². The lowest BCUT2D eigenvalue weighted by Gasteiger charge is -2.17. The molecular formula is C21H24O3. The van der Waals surface area contributed by atoms with E-state index in [0.29, 0.717) is 0 Å². The van der Waals surface area contributed by atoms with Crippen LogP contribution in [0.1, 0.15) is 55.2 Å². The number of rotatable bonds is 3. The van der Waals surface area contributed by atoms with Gasteiger partial charge in [0.1, 0.15) is 0 Å². The molecule has 0 spiro atoms. The first-order chi connectivity index (χ1) is 11.6. The fourth-order valence-electron chi connectivity index (χ4n) is 4.12. The molecule has 0 radical (unpaired) electrons.